The van der Waals surface area contributed by atoms with Gasteiger partial charge in [0.15, 0.2) is 9.84 Å². The molecule has 0 atom stereocenters. The molecule has 1 amide bonds. The highest BCUT2D eigenvalue weighted by atomic mass is 32.2. The van der Waals surface area contributed by atoms with Gasteiger partial charge in [-0.25, -0.2) is 13.4 Å². The minimum Gasteiger partial charge on any atom is -0.323 e. The Morgan fingerprint density at radius 3 is 2.70 bits per heavy atom. The lowest BCUT2D eigenvalue weighted by molar-refractivity contribution is -0.111. The normalized spacial score (nSPS) is 15.6. The van der Waals surface area contributed by atoms with Gasteiger partial charge in [0.05, 0.1) is 21.2 Å². The van der Waals surface area contributed by atoms with Crippen molar-refractivity contribution < 1.29 is 13.2 Å². The number of carbonyl (C=O) groups excluding carboxylic acids is 1. The van der Waals surface area contributed by atoms with Gasteiger partial charge in [0.1, 0.15) is 5.01 Å². The predicted octanol–water partition coefficient (Wildman–Crippen LogP) is 5.20. The van der Waals surface area contributed by atoms with Crippen molar-refractivity contribution in [2.75, 3.05) is 5.32 Å². The van der Waals surface area contributed by atoms with Crippen molar-refractivity contribution in [3.05, 3.63) is 65.2 Å². The van der Waals surface area contributed by atoms with Crippen molar-refractivity contribution in [2.45, 2.75) is 43.1 Å². The number of aromatic nitrogens is 1. The Morgan fingerprint density at radius 1 is 1.10 bits per heavy atom. The molecule has 0 unspecified atom stereocenters. The largest absolute Gasteiger partial charge is 0.323 e. The number of fused-ring (bicyclic) bond motifs is 1. The number of benzene rings is 2. The van der Waals surface area contributed by atoms with E-state index in [1.165, 1.54) is 17.4 Å². The van der Waals surface area contributed by atoms with E-state index in [1.54, 1.807) is 30.3 Å². The second kappa shape index (κ2) is 9.10. The topological polar surface area (TPSA) is 76.1 Å². The molecule has 30 heavy (non-hydrogen) atoms. The number of rotatable bonds is 6. The summed E-state index contributed by atoms with van der Waals surface area (Å²) in [5.41, 5.74) is 2.20. The predicted molar refractivity (Wildman–Crippen MR) is 123 cm³/mol. The molecule has 0 bridgehead atoms. The van der Waals surface area contributed by atoms with Gasteiger partial charge < -0.3 is 5.32 Å². The molecule has 2 aromatic carbocycles. The lowest BCUT2D eigenvalue weighted by atomic mass is 10.0. The Morgan fingerprint density at radius 2 is 1.90 bits per heavy atom. The van der Waals surface area contributed by atoms with Crippen LogP contribution in [0, 0.1) is 0 Å². The van der Waals surface area contributed by atoms with E-state index in [0.717, 1.165) is 47.3 Å². The van der Waals surface area contributed by atoms with E-state index in [2.05, 4.69) is 10.3 Å². The van der Waals surface area contributed by atoms with Gasteiger partial charge in [0, 0.05) is 11.8 Å². The summed E-state index contributed by atoms with van der Waals surface area (Å²) in [6.07, 6.45) is 7.76. The quantitative estimate of drug-likeness (QED) is 0.535. The molecule has 1 heterocycles. The minimum atomic E-state index is -3.17. The average molecular weight is 441 g/mol. The molecule has 0 spiro atoms. The maximum absolute atomic E-state index is 12.7. The van der Waals surface area contributed by atoms with Gasteiger partial charge in [-0.3, -0.25) is 4.79 Å². The van der Waals surface area contributed by atoms with Crippen LogP contribution < -0.4 is 5.32 Å². The molecule has 0 aliphatic heterocycles. The van der Waals surface area contributed by atoms with Gasteiger partial charge in [-0.2, -0.15) is 0 Å². The molecular weight excluding hydrogens is 416 g/mol. The number of nitrogens with one attached hydrogen (secondary N) is 1. The van der Waals surface area contributed by atoms with Gasteiger partial charge in [-0.05, 0) is 48.7 Å². The number of hydrogen-bond acceptors (Lipinski definition) is 5. The summed E-state index contributed by atoms with van der Waals surface area (Å²) in [5, 5.41) is 3.34. The van der Waals surface area contributed by atoms with Crippen LogP contribution in [-0.4, -0.2) is 24.6 Å². The fourth-order valence-corrected chi connectivity index (χ4v) is 6.61. The molecule has 1 N–H and O–H groups in total. The third-order valence-electron chi connectivity index (χ3n) is 5.31. The summed E-state index contributed by atoms with van der Waals surface area (Å²) in [6.45, 7) is 0. The second-order valence-electron chi connectivity index (χ2n) is 7.61. The van der Waals surface area contributed by atoms with Crippen LogP contribution >= 0.6 is 11.3 Å². The molecule has 156 valence electrons. The molecule has 1 fully saturated rings. The van der Waals surface area contributed by atoms with Crippen molar-refractivity contribution in [1.29, 1.82) is 0 Å². The standard InChI is InChI=1S/C23H24N2O3S2/c26-22(13-14-23-25-20-11-4-5-12-21(20)29-23)24-18-8-6-7-17(15-18)16-30(27,28)19-9-2-1-3-10-19/h4-8,11-15,19H,1-3,9-10,16H2,(H,24,26)/b14-13+. The van der Waals surface area contributed by atoms with Crippen molar-refractivity contribution in [3.8, 4) is 0 Å². The van der Waals surface area contributed by atoms with Crippen molar-refractivity contribution >= 4 is 49.1 Å². The van der Waals surface area contributed by atoms with Gasteiger partial charge >= 0.3 is 0 Å². The highest BCUT2D eigenvalue weighted by Crippen LogP contribution is 2.27. The summed E-state index contributed by atoms with van der Waals surface area (Å²) in [5.74, 6) is -0.260. The number of amides is 1. The van der Waals surface area contributed by atoms with E-state index >= 15 is 0 Å². The Hall–Kier alpha value is -2.51. The number of nitrogens with zero attached hydrogens (tertiary/aromatic N) is 1. The van der Waals surface area contributed by atoms with Crippen molar-refractivity contribution in [1.82, 2.24) is 4.98 Å². The molecular formula is C23H24N2O3S2. The molecule has 0 saturated heterocycles. The maximum atomic E-state index is 12.7. The Labute approximate surface area is 180 Å². The number of hydrogen-bond donors (Lipinski definition) is 1. The molecule has 1 saturated carbocycles. The molecule has 1 aromatic heterocycles. The molecule has 1 aliphatic carbocycles. The zero-order valence-corrected chi connectivity index (χ0v) is 18.2. The first kappa shape index (κ1) is 20.8. The highest BCUT2D eigenvalue weighted by Gasteiger charge is 2.27. The Balaban J connectivity index is 1.40. The fraction of sp³-hybridized carbons (Fsp3) is 0.304. The van der Waals surface area contributed by atoms with Crippen LogP contribution in [0.4, 0.5) is 5.69 Å². The van der Waals surface area contributed by atoms with Crippen LogP contribution in [-0.2, 0) is 20.4 Å². The van der Waals surface area contributed by atoms with Gasteiger partial charge in [0.25, 0.3) is 0 Å². The first-order valence-electron chi connectivity index (χ1n) is 10.1. The molecule has 7 heteroatoms. The molecule has 3 aromatic rings. The van der Waals surface area contributed by atoms with E-state index in [1.807, 2.05) is 24.3 Å². The van der Waals surface area contributed by atoms with E-state index in [4.69, 9.17) is 0 Å². The summed E-state index contributed by atoms with van der Waals surface area (Å²) in [6, 6.07) is 14.9. The molecule has 0 radical (unpaired) electrons. The van der Waals surface area contributed by atoms with E-state index < -0.39 is 9.84 Å². The van der Waals surface area contributed by atoms with Gasteiger partial charge in [0.2, 0.25) is 5.91 Å². The molecule has 4 rings (SSSR count). The van der Waals surface area contributed by atoms with E-state index in [0.29, 0.717) is 11.3 Å². The summed E-state index contributed by atoms with van der Waals surface area (Å²) in [4.78, 5) is 16.8. The first-order chi connectivity index (χ1) is 14.5. The Bertz CT molecular complexity index is 1140. The summed E-state index contributed by atoms with van der Waals surface area (Å²) >= 11 is 1.52. The van der Waals surface area contributed by atoms with Crippen LogP contribution in [0.5, 0.6) is 0 Å². The molecule has 1 aliphatic rings. The number of anilines is 1. The minimum absolute atomic E-state index is 0.0168. The summed E-state index contributed by atoms with van der Waals surface area (Å²) in [7, 11) is -3.17. The number of sulfone groups is 1. The van der Waals surface area contributed by atoms with Crippen LogP contribution in [0.1, 0.15) is 42.7 Å². The zero-order valence-electron chi connectivity index (χ0n) is 16.6. The number of thiazole rings is 1. The summed E-state index contributed by atoms with van der Waals surface area (Å²) < 4.78 is 26.5. The second-order valence-corrected chi connectivity index (χ2v) is 11.0. The highest BCUT2D eigenvalue weighted by molar-refractivity contribution is 7.91. The SMILES string of the molecule is O=C(/C=C/c1nc2ccccc2s1)Nc1cccc(CS(=O)(=O)C2CCCCC2)c1. The lowest BCUT2D eigenvalue weighted by Gasteiger charge is -2.21. The first-order valence-corrected chi connectivity index (χ1v) is 12.7. The molecule has 5 nitrogen and oxygen atoms in total. The maximum Gasteiger partial charge on any atom is 0.248 e. The van der Waals surface area contributed by atoms with Crippen LogP contribution in [0.3, 0.4) is 0 Å². The number of carbonyl (C=O) groups is 1. The Kier molecular flexibility index (Phi) is 6.29. The monoisotopic (exact) mass is 440 g/mol. The van der Waals surface area contributed by atoms with E-state index in [-0.39, 0.29) is 16.9 Å². The lowest BCUT2D eigenvalue weighted by Crippen LogP contribution is -2.25. The third-order valence-corrected chi connectivity index (χ3v) is 8.53. The van der Waals surface area contributed by atoms with Crippen molar-refractivity contribution in [2.24, 2.45) is 0 Å². The van der Waals surface area contributed by atoms with Gasteiger partial charge in [-0.15, -0.1) is 11.3 Å². The van der Waals surface area contributed by atoms with Crippen molar-refractivity contribution in [3.63, 3.8) is 0 Å². The number of para-hydroxylation sites is 1. The van der Waals surface area contributed by atoms with E-state index in [9.17, 15) is 13.2 Å². The smallest absolute Gasteiger partial charge is 0.248 e. The van der Waals surface area contributed by atoms with Crippen LogP contribution in [0.25, 0.3) is 16.3 Å². The fourth-order valence-electron chi connectivity index (χ4n) is 3.81. The average Bonchev–Trinajstić information content (AvgIpc) is 3.16. The van der Waals surface area contributed by atoms with Gasteiger partial charge in [-0.1, -0.05) is 43.5 Å². The van der Waals surface area contributed by atoms with Crippen LogP contribution in [0.15, 0.2) is 54.6 Å². The third kappa shape index (κ3) is 5.15. The van der Waals surface area contributed by atoms with Crippen LogP contribution in [0.2, 0.25) is 0 Å². The zero-order chi connectivity index (χ0) is 21.0.